The van der Waals surface area contributed by atoms with Crippen molar-refractivity contribution in [2.45, 2.75) is 81.4 Å². The zero-order valence-corrected chi connectivity index (χ0v) is 17.6. The third-order valence-corrected chi connectivity index (χ3v) is 10.1. The number of aliphatic hydroxyl groups is 4. The molecule has 31 heavy (non-hydrogen) atoms. The van der Waals surface area contributed by atoms with E-state index in [9.17, 15) is 30.0 Å². The van der Waals surface area contributed by atoms with Crippen molar-refractivity contribution in [1.82, 2.24) is 0 Å². The Kier molecular flexibility index (Phi) is 3.83. The number of esters is 2. The molecule has 0 aromatic rings. The fourth-order valence-electron chi connectivity index (χ4n) is 8.96. The number of carbonyl (C=O) groups excluding carboxylic acids is 2. The molecule has 0 aromatic carbocycles. The average molecular weight is 434 g/mol. The summed E-state index contributed by atoms with van der Waals surface area (Å²) in [5.74, 6) is -1.85. The fraction of sp³-hybridized carbons (Fsp3) is 0.826. The maximum absolute atomic E-state index is 13.4. The average Bonchev–Trinajstić information content (AvgIpc) is 3.30. The van der Waals surface area contributed by atoms with Crippen LogP contribution in [0.1, 0.15) is 51.9 Å². The molecule has 0 bridgehead atoms. The van der Waals surface area contributed by atoms with Gasteiger partial charge in [0.25, 0.3) is 0 Å². The van der Waals surface area contributed by atoms with Crippen molar-refractivity contribution in [3.8, 4) is 0 Å². The van der Waals surface area contributed by atoms with Gasteiger partial charge in [-0.05, 0) is 49.5 Å². The van der Waals surface area contributed by atoms with Gasteiger partial charge >= 0.3 is 11.9 Å². The SMILES string of the molecule is CC12CC3OC(=O)C45C(O)CC(O)CC4(O)CCC(C35)C1(O)CCC2C1=CC(=O)OC1. The molecule has 0 radical (unpaired) electrons. The maximum atomic E-state index is 13.4. The normalized spacial score (nSPS) is 57.5. The van der Waals surface area contributed by atoms with Crippen molar-refractivity contribution in [2.75, 3.05) is 6.61 Å². The van der Waals surface area contributed by atoms with Gasteiger partial charge in [-0.15, -0.1) is 0 Å². The van der Waals surface area contributed by atoms with Gasteiger partial charge in [-0.1, -0.05) is 6.92 Å². The molecule has 4 N–H and O–H groups in total. The lowest BCUT2D eigenvalue weighted by atomic mass is 9.41. The van der Waals surface area contributed by atoms with E-state index in [4.69, 9.17) is 9.47 Å². The number of fused-ring (bicyclic) bond motifs is 2. The van der Waals surface area contributed by atoms with Gasteiger partial charge < -0.3 is 29.9 Å². The molecule has 8 heteroatoms. The minimum Gasteiger partial charge on any atom is -0.461 e. The van der Waals surface area contributed by atoms with Gasteiger partial charge in [-0.3, -0.25) is 4.79 Å². The molecule has 0 aromatic heterocycles. The van der Waals surface area contributed by atoms with Crippen LogP contribution >= 0.6 is 0 Å². The topological polar surface area (TPSA) is 134 Å². The first-order valence-corrected chi connectivity index (χ1v) is 11.5. The van der Waals surface area contributed by atoms with E-state index >= 15 is 0 Å². The summed E-state index contributed by atoms with van der Waals surface area (Å²) in [5, 5.41) is 45.1. The fourth-order valence-corrected chi connectivity index (χ4v) is 8.96. The number of hydrogen-bond donors (Lipinski definition) is 4. The molecule has 6 aliphatic rings. The molecule has 2 aliphatic heterocycles. The summed E-state index contributed by atoms with van der Waals surface area (Å²) < 4.78 is 11.0. The Morgan fingerprint density at radius 3 is 2.58 bits per heavy atom. The van der Waals surface area contributed by atoms with E-state index in [1.807, 2.05) is 6.92 Å². The number of rotatable bonds is 1. The second-order valence-electron chi connectivity index (χ2n) is 11.1. The monoisotopic (exact) mass is 434 g/mol. The molecule has 5 fully saturated rings. The van der Waals surface area contributed by atoms with Gasteiger partial charge in [-0.2, -0.15) is 0 Å². The minimum absolute atomic E-state index is 0.0119. The first-order chi connectivity index (χ1) is 14.6. The molecule has 2 heterocycles. The van der Waals surface area contributed by atoms with Crippen LogP contribution in [0.25, 0.3) is 0 Å². The summed E-state index contributed by atoms with van der Waals surface area (Å²) in [4.78, 5) is 25.1. The molecule has 1 saturated heterocycles. The highest BCUT2D eigenvalue weighted by molar-refractivity contribution is 5.85. The van der Waals surface area contributed by atoms with Crippen molar-refractivity contribution in [3.63, 3.8) is 0 Å². The van der Waals surface area contributed by atoms with Gasteiger partial charge in [0.2, 0.25) is 0 Å². The third kappa shape index (κ3) is 2.11. The Bertz CT molecular complexity index is 900. The molecule has 170 valence electrons. The van der Waals surface area contributed by atoms with Crippen molar-refractivity contribution >= 4 is 11.9 Å². The highest BCUT2D eigenvalue weighted by Gasteiger charge is 2.81. The molecule has 4 saturated carbocycles. The van der Waals surface area contributed by atoms with Crippen LogP contribution in [0.5, 0.6) is 0 Å². The van der Waals surface area contributed by atoms with E-state index in [0.29, 0.717) is 25.7 Å². The third-order valence-electron chi connectivity index (χ3n) is 10.1. The van der Waals surface area contributed by atoms with Crippen LogP contribution in [-0.2, 0) is 19.1 Å². The standard InChI is InChI=1S/C23H30O8/c1-20-9-15-18-14(22(20,29)5-3-13(20)11-6-17(26)30-10-11)2-4-21(28)8-12(24)7-16(25)23(18,21)19(27)31-15/h6,12-16,18,24-25,28-29H,2-5,7-10H2,1H3. The number of ether oxygens (including phenoxy) is 2. The predicted molar refractivity (Wildman–Crippen MR) is 104 cm³/mol. The van der Waals surface area contributed by atoms with E-state index < -0.39 is 52.2 Å². The van der Waals surface area contributed by atoms with Crippen LogP contribution < -0.4 is 0 Å². The van der Waals surface area contributed by atoms with Gasteiger partial charge in [0.15, 0.2) is 0 Å². The largest absolute Gasteiger partial charge is 0.461 e. The minimum atomic E-state index is -1.55. The summed E-state index contributed by atoms with van der Waals surface area (Å²) >= 11 is 0. The van der Waals surface area contributed by atoms with Crippen LogP contribution in [0, 0.1) is 28.6 Å². The van der Waals surface area contributed by atoms with Crippen LogP contribution in [0.2, 0.25) is 0 Å². The molecule has 6 rings (SSSR count). The summed E-state index contributed by atoms with van der Waals surface area (Å²) in [6.45, 7) is 2.25. The Labute approximate surface area is 180 Å². The van der Waals surface area contributed by atoms with Gasteiger partial charge in [-0.25, -0.2) is 4.79 Å². The molecule has 0 amide bonds. The van der Waals surface area contributed by atoms with E-state index in [0.717, 1.165) is 5.57 Å². The first kappa shape index (κ1) is 20.1. The lowest BCUT2D eigenvalue weighted by Crippen LogP contribution is -2.73. The summed E-state index contributed by atoms with van der Waals surface area (Å²) in [7, 11) is 0. The number of aliphatic hydroxyl groups excluding tert-OH is 2. The molecule has 1 spiro atoms. The Balaban J connectivity index is 1.46. The van der Waals surface area contributed by atoms with Crippen molar-refractivity contribution < 1.29 is 39.5 Å². The van der Waals surface area contributed by atoms with Crippen LogP contribution in [0.3, 0.4) is 0 Å². The second kappa shape index (κ2) is 5.90. The van der Waals surface area contributed by atoms with E-state index in [1.165, 1.54) is 6.08 Å². The quantitative estimate of drug-likeness (QED) is 0.430. The number of hydrogen-bond acceptors (Lipinski definition) is 8. The second-order valence-corrected chi connectivity index (χ2v) is 11.1. The molecule has 8 nitrogen and oxygen atoms in total. The van der Waals surface area contributed by atoms with Crippen molar-refractivity contribution in [3.05, 3.63) is 11.6 Å². The number of carbonyl (C=O) groups is 2. The predicted octanol–water partition coefficient (Wildman–Crippen LogP) is 0.205. The summed E-state index contributed by atoms with van der Waals surface area (Å²) in [6.07, 6.45) is 1.28. The molecular weight excluding hydrogens is 404 g/mol. The van der Waals surface area contributed by atoms with Crippen molar-refractivity contribution in [1.29, 1.82) is 0 Å². The molecule has 10 atom stereocenters. The lowest BCUT2D eigenvalue weighted by Gasteiger charge is -2.64. The highest BCUT2D eigenvalue weighted by Crippen LogP contribution is 2.73. The maximum Gasteiger partial charge on any atom is 0.331 e. The van der Waals surface area contributed by atoms with Gasteiger partial charge in [0.05, 0.1) is 23.4 Å². The zero-order valence-electron chi connectivity index (χ0n) is 17.6. The van der Waals surface area contributed by atoms with Gasteiger partial charge in [0.1, 0.15) is 18.1 Å². The van der Waals surface area contributed by atoms with Crippen molar-refractivity contribution in [2.24, 2.45) is 28.6 Å². The Hall–Kier alpha value is -1.48. The van der Waals surface area contributed by atoms with E-state index in [1.54, 1.807) is 0 Å². The highest BCUT2D eigenvalue weighted by atomic mass is 16.6. The summed E-state index contributed by atoms with van der Waals surface area (Å²) in [6, 6.07) is 0. The molecular formula is C23H30O8. The Morgan fingerprint density at radius 2 is 1.87 bits per heavy atom. The number of cyclic esters (lactones) is 1. The summed E-state index contributed by atoms with van der Waals surface area (Å²) in [5.41, 5.74) is -3.90. The van der Waals surface area contributed by atoms with Crippen LogP contribution in [0.4, 0.5) is 0 Å². The molecule has 10 unspecified atom stereocenters. The van der Waals surface area contributed by atoms with Crippen LogP contribution in [0.15, 0.2) is 11.6 Å². The van der Waals surface area contributed by atoms with E-state index in [-0.39, 0.29) is 43.7 Å². The first-order valence-electron chi connectivity index (χ1n) is 11.5. The lowest BCUT2D eigenvalue weighted by molar-refractivity contribution is -0.270. The zero-order chi connectivity index (χ0) is 22.0. The van der Waals surface area contributed by atoms with Crippen LogP contribution in [-0.4, -0.2) is 68.5 Å². The Morgan fingerprint density at radius 1 is 1.10 bits per heavy atom. The van der Waals surface area contributed by atoms with Gasteiger partial charge in [0, 0.05) is 30.3 Å². The molecule has 4 aliphatic carbocycles. The van der Waals surface area contributed by atoms with E-state index in [2.05, 4.69) is 0 Å². The smallest absolute Gasteiger partial charge is 0.331 e.